The third kappa shape index (κ3) is 4.33. The second-order valence-electron chi connectivity index (χ2n) is 9.19. The van der Waals surface area contributed by atoms with Gasteiger partial charge in [-0.1, -0.05) is 24.3 Å². The van der Waals surface area contributed by atoms with Gasteiger partial charge in [0.05, 0.1) is 30.5 Å². The highest BCUT2D eigenvalue weighted by molar-refractivity contribution is 6.06. The molecule has 0 saturated carbocycles. The zero-order valence-corrected chi connectivity index (χ0v) is 19.6. The molecule has 1 unspecified atom stereocenters. The van der Waals surface area contributed by atoms with E-state index in [1.807, 2.05) is 30.3 Å². The molecule has 1 atom stereocenters. The second-order valence-corrected chi connectivity index (χ2v) is 9.19. The van der Waals surface area contributed by atoms with Gasteiger partial charge in [0, 0.05) is 44.7 Å². The summed E-state index contributed by atoms with van der Waals surface area (Å²) < 4.78 is 11.9. The summed E-state index contributed by atoms with van der Waals surface area (Å²) in [6.45, 7) is 3.02. The molecule has 3 aromatic rings. The molecule has 6 nitrogen and oxygen atoms in total. The van der Waals surface area contributed by atoms with E-state index in [4.69, 9.17) is 14.5 Å². The van der Waals surface area contributed by atoms with Crippen molar-refractivity contribution in [1.82, 2.24) is 14.8 Å². The first-order valence-electron chi connectivity index (χ1n) is 11.7. The molecule has 0 bridgehead atoms. The Labute approximate surface area is 195 Å². The van der Waals surface area contributed by atoms with Crippen LogP contribution in [0, 0.1) is 0 Å². The summed E-state index contributed by atoms with van der Waals surface area (Å²) in [7, 11) is 5.31. The lowest BCUT2D eigenvalue weighted by Gasteiger charge is -2.33. The molecule has 2 aliphatic rings. The molecule has 5 rings (SSSR count). The van der Waals surface area contributed by atoms with Gasteiger partial charge < -0.3 is 14.4 Å². The molecular weight excluding hydrogens is 414 g/mol. The average molecular weight is 446 g/mol. The minimum Gasteiger partial charge on any atom is -0.496 e. The molecular formula is C27H31N3O3. The number of methoxy groups -OCH3 is 1. The summed E-state index contributed by atoms with van der Waals surface area (Å²) in [5.41, 5.74) is 6.41. The fourth-order valence-electron chi connectivity index (χ4n) is 5.01. The van der Waals surface area contributed by atoms with Crippen molar-refractivity contribution in [2.24, 2.45) is 0 Å². The van der Waals surface area contributed by atoms with Gasteiger partial charge in [-0.2, -0.15) is 0 Å². The minimum absolute atomic E-state index is 0.0228. The Hall–Kier alpha value is -2.96. The number of morpholine rings is 1. The summed E-state index contributed by atoms with van der Waals surface area (Å²) in [6.07, 6.45) is 3.34. The number of rotatable bonds is 5. The van der Waals surface area contributed by atoms with Crippen molar-refractivity contribution in [1.29, 1.82) is 0 Å². The van der Waals surface area contributed by atoms with E-state index in [-0.39, 0.29) is 12.0 Å². The molecule has 0 spiro atoms. The van der Waals surface area contributed by atoms with Crippen LogP contribution in [0.5, 0.6) is 5.75 Å². The van der Waals surface area contributed by atoms with Gasteiger partial charge in [0.1, 0.15) is 11.9 Å². The summed E-state index contributed by atoms with van der Waals surface area (Å²) in [5.74, 6) is 0.951. The number of para-hydroxylation sites is 1. The first kappa shape index (κ1) is 21.9. The first-order chi connectivity index (χ1) is 16.0. The summed E-state index contributed by atoms with van der Waals surface area (Å²) in [6, 6.07) is 14.3. The van der Waals surface area contributed by atoms with Gasteiger partial charge in [-0.05, 0) is 48.6 Å². The number of pyridine rings is 1. The number of aryl methyl sites for hydroxylation is 2. The lowest BCUT2D eigenvalue weighted by molar-refractivity contribution is -0.0350. The molecule has 2 aromatic carbocycles. The Kier molecular flexibility index (Phi) is 6.04. The van der Waals surface area contributed by atoms with Gasteiger partial charge >= 0.3 is 0 Å². The quantitative estimate of drug-likeness (QED) is 0.594. The van der Waals surface area contributed by atoms with Gasteiger partial charge in [0.2, 0.25) is 0 Å². The number of ether oxygens (including phenoxy) is 2. The smallest absolute Gasteiger partial charge is 0.254 e. The van der Waals surface area contributed by atoms with Crippen LogP contribution < -0.4 is 4.74 Å². The van der Waals surface area contributed by atoms with Crippen LogP contribution in [-0.2, 0) is 24.1 Å². The Morgan fingerprint density at radius 3 is 2.76 bits per heavy atom. The van der Waals surface area contributed by atoms with Crippen molar-refractivity contribution in [3.05, 3.63) is 70.4 Å². The number of carbonyl (C=O) groups is 1. The zero-order chi connectivity index (χ0) is 22.9. The van der Waals surface area contributed by atoms with E-state index >= 15 is 0 Å². The third-order valence-corrected chi connectivity index (χ3v) is 6.74. The maximum atomic E-state index is 12.9. The van der Waals surface area contributed by atoms with Crippen LogP contribution in [0.15, 0.2) is 42.5 Å². The lowest BCUT2D eigenvalue weighted by atomic mass is 10.0. The Morgan fingerprint density at radius 2 is 1.97 bits per heavy atom. The fraction of sp³-hybridized carbons (Fsp3) is 0.407. The van der Waals surface area contributed by atoms with Gasteiger partial charge in [-0.25, -0.2) is 4.98 Å². The predicted molar refractivity (Wildman–Crippen MR) is 129 cm³/mol. The fourth-order valence-corrected chi connectivity index (χ4v) is 5.01. The monoisotopic (exact) mass is 445 g/mol. The van der Waals surface area contributed by atoms with Crippen LogP contribution in [0.3, 0.4) is 0 Å². The van der Waals surface area contributed by atoms with E-state index in [0.29, 0.717) is 12.2 Å². The summed E-state index contributed by atoms with van der Waals surface area (Å²) in [5, 5.41) is 0.871. The number of fused-ring (bicyclic) bond motifs is 2. The van der Waals surface area contributed by atoms with E-state index < -0.39 is 0 Å². The van der Waals surface area contributed by atoms with Gasteiger partial charge in [0.25, 0.3) is 5.91 Å². The topological polar surface area (TPSA) is 54.9 Å². The largest absolute Gasteiger partial charge is 0.496 e. The van der Waals surface area contributed by atoms with Crippen LogP contribution in [0.4, 0.5) is 0 Å². The van der Waals surface area contributed by atoms with Gasteiger partial charge in [0.15, 0.2) is 0 Å². The first-order valence-corrected chi connectivity index (χ1v) is 11.7. The van der Waals surface area contributed by atoms with Gasteiger partial charge in [-0.3, -0.25) is 9.69 Å². The highest BCUT2D eigenvalue weighted by atomic mass is 16.5. The average Bonchev–Trinajstić information content (AvgIpc) is 3.29. The van der Waals surface area contributed by atoms with E-state index in [0.717, 1.165) is 54.8 Å². The maximum absolute atomic E-state index is 12.9. The number of carbonyl (C=O) groups excluding carboxylic acids is 1. The Balaban J connectivity index is 1.42. The number of benzene rings is 2. The van der Waals surface area contributed by atoms with Crippen molar-refractivity contribution in [3.8, 4) is 5.75 Å². The van der Waals surface area contributed by atoms with E-state index in [2.05, 4.69) is 17.0 Å². The van der Waals surface area contributed by atoms with Crippen molar-refractivity contribution in [2.75, 3.05) is 40.9 Å². The highest BCUT2D eigenvalue weighted by Crippen LogP contribution is 2.32. The summed E-state index contributed by atoms with van der Waals surface area (Å²) >= 11 is 0. The number of hydrogen-bond acceptors (Lipinski definition) is 5. The molecule has 1 amide bonds. The molecule has 1 aliphatic carbocycles. The van der Waals surface area contributed by atoms with Crippen LogP contribution >= 0.6 is 0 Å². The SMILES string of the molecule is COc1cc2c(cc1CN1CCOC(c3cc(C(=O)N(C)C)c4ccccc4n3)C1)CCC2. The van der Waals surface area contributed by atoms with Crippen molar-refractivity contribution >= 4 is 16.8 Å². The zero-order valence-electron chi connectivity index (χ0n) is 19.6. The number of aromatic nitrogens is 1. The van der Waals surface area contributed by atoms with Crippen LogP contribution in [-0.4, -0.2) is 61.6 Å². The van der Waals surface area contributed by atoms with Crippen molar-refractivity contribution in [3.63, 3.8) is 0 Å². The van der Waals surface area contributed by atoms with E-state index in [1.54, 1.807) is 26.1 Å². The Bertz CT molecular complexity index is 1190. The molecule has 1 aliphatic heterocycles. The van der Waals surface area contributed by atoms with Crippen molar-refractivity contribution in [2.45, 2.75) is 31.9 Å². The number of amides is 1. The minimum atomic E-state index is -0.183. The Morgan fingerprint density at radius 1 is 1.18 bits per heavy atom. The standard InChI is InChI=1S/C27H31N3O3/c1-29(2)27(31)22-15-24(28-23-10-5-4-9-21(22)23)26-17-30(11-12-33-26)16-20-13-18-7-6-8-19(18)14-25(20)32-3/h4-5,9-10,13-15,26H,6-8,11-12,16-17H2,1-3H3. The van der Waals surface area contributed by atoms with Crippen molar-refractivity contribution < 1.29 is 14.3 Å². The van der Waals surface area contributed by atoms with E-state index in [9.17, 15) is 4.79 Å². The van der Waals surface area contributed by atoms with Crippen LogP contribution in [0.2, 0.25) is 0 Å². The van der Waals surface area contributed by atoms with Crippen LogP contribution in [0.1, 0.15) is 45.3 Å². The predicted octanol–water partition coefficient (Wildman–Crippen LogP) is 4.01. The summed E-state index contributed by atoms with van der Waals surface area (Å²) in [4.78, 5) is 21.8. The highest BCUT2D eigenvalue weighted by Gasteiger charge is 2.26. The molecule has 2 heterocycles. The third-order valence-electron chi connectivity index (χ3n) is 6.74. The lowest BCUT2D eigenvalue weighted by Crippen LogP contribution is -2.38. The molecule has 6 heteroatoms. The molecule has 1 saturated heterocycles. The second kappa shape index (κ2) is 9.12. The normalized spacial score (nSPS) is 18.3. The maximum Gasteiger partial charge on any atom is 0.254 e. The van der Waals surface area contributed by atoms with Crippen LogP contribution in [0.25, 0.3) is 10.9 Å². The number of nitrogens with zero attached hydrogens (tertiary/aromatic N) is 3. The molecule has 33 heavy (non-hydrogen) atoms. The van der Waals surface area contributed by atoms with Gasteiger partial charge in [-0.15, -0.1) is 0 Å². The molecule has 0 radical (unpaired) electrons. The molecule has 1 aromatic heterocycles. The molecule has 0 N–H and O–H groups in total. The van der Waals surface area contributed by atoms with E-state index in [1.165, 1.54) is 23.1 Å². The molecule has 1 fully saturated rings. The number of hydrogen-bond donors (Lipinski definition) is 0. The molecule has 172 valence electrons.